The number of nitrogens with zero attached hydrogens (tertiary/aromatic N) is 3. The molecule has 1 aliphatic heterocycles. The highest BCUT2D eigenvalue weighted by Gasteiger charge is 2.17. The molecule has 17 heavy (non-hydrogen) atoms. The molecule has 0 bridgehead atoms. The summed E-state index contributed by atoms with van der Waals surface area (Å²) in [6.07, 6.45) is 4.67. The summed E-state index contributed by atoms with van der Waals surface area (Å²) in [5.41, 5.74) is 1.14. The van der Waals surface area contributed by atoms with Crippen molar-refractivity contribution in [1.29, 1.82) is 0 Å². The molecule has 1 N–H and O–H groups in total. The lowest BCUT2D eigenvalue weighted by atomic mass is 9.97. The summed E-state index contributed by atoms with van der Waals surface area (Å²) in [7, 11) is 1.96. The lowest BCUT2D eigenvalue weighted by molar-refractivity contribution is 0.190. The van der Waals surface area contributed by atoms with Gasteiger partial charge >= 0.3 is 0 Å². The minimum Gasteiger partial charge on any atom is -0.311 e. The van der Waals surface area contributed by atoms with Crippen LogP contribution in [0.2, 0.25) is 0 Å². The van der Waals surface area contributed by atoms with Gasteiger partial charge < -0.3 is 10.2 Å². The van der Waals surface area contributed by atoms with Crippen LogP contribution in [0, 0.1) is 5.92 Å². The van der Waals surface area contributed by atoms with E-state index in [-0.39, 0.29) is 0 Å². The molecule has 0 radical (unpaired) electrons. The van der Waals surface area contributed by atoms with E-state index in [1.165, 1.54) is 32.5 Å². The van der Waals surface area contributed by atoms with Gasteiger partial charge in [-0.2, -0.15) is 5.10 Å². The molecule has 96 valence electrons. The largest absolute Gasteiger partial charge is 0.311 e. The number of aryl methyl sites for hydroxylation is 1. The van der Waals surface area contributed by atoms with Gasteiger partial charge in [0.25, 0.3) is 0 Å². The maximum absolute atomic E-state index is 4.36. The van der Waals surface area contributed by atoms with E-state index in [0.29, 0.717) is 0 Å². The molecule has 0 amide bonds. The van der Waals surface area contributed by atoms with Gasteiger partial charge in [-0.05, 0) is 51.0 Å². The SMILES string of the molecule is CCN1CCC(CNCc2ccn(C)n2)CC1. The van der Waals surface area contributed by atoms with Crippen LogP contribution in [-0.4, -0.2) is 40.9 Å². The molecular formula is C13H24N4. The van der Waals surface area contributed by atoms with E-state index in [0.717, 1.165) is 24.7 Å². The Morgan fingerprint density at radius 2 is 2.18 bits per heavy atom. The molecule has 4 heteroatoms. The average molecular weight is 236 g/mol. The molecule has 1 saturated heterocycles. The maximum atomic E-state index is 4.36. The minimum atomic E-state index is 0.849. The average Bonchev–Trinajstić information content (AvgIpc) is 2.76. The molecule has 0 atom stereocenters. The number of piperidine rings is 1. The first kappa shape index (κ1) is 12.6. The van der Waals surface area contributed by atoms with Gasteiger partial charge in [-0.3, -0.25) is 4.68 Å². The van der Waals surface area contributed by atoms with Gasteiger partial charge in [0.15, 0.2) is 0 Å². The Kier molecular flexibility index (Phi) is 4.57. The third-order valence-electron chi connectivity index (χ3n) is 3.66. The molecule has 1 aliphatic rings. The van der Waals surface area contributed by atoms with Crippen molar-refractivity contribution < 1.29 is 0 Å². The van der Waals surface area contributed by atoms with Gasteiger partial charge in [0.1, 0.15) is 0 Å². The Balaban J connectivity index is 1.63. The van der Waals surface area contributed by atoms with Crippen LogP contribution in [0.25, 0.3) is 0 Å². The molecule has 0 aromatic carbocycles. The summed E-state index contributed by atoms with van der Waals surface area (Å²) in [6, 6.07) is 2.08. The van der Waals surface area contributed by atoms with Crippen LogP contribution in [0.1, 0.15) is 25.5 Å². The predicted molar refractivity (Wildman–Crippen MR) is 69.8 cm³/mol. The van der Waals surface area contributed by atoms with Crippen LogP contribution in [-0.2, 0) is 13.6 Å². The first-order valence-corrected chi connectivity index (χ1v) is 6.69. The van der Waals surface area contributed by atoms with Gasteiger partial charge in [0.05, 0.1) is 5.69 Å². The van der Waals surface area contributed by atoms with Crippen LogP contribution in [0.3, 0.4) is 0 Å². The van der Waals surface area contributed by atoms with Crippen LogP contribution >= 0.6 is 0 Å². The second-order valence-electron chi connectivity index (χ2n) is 4.99. The highest BCUT2D eigenvalue weighted by atomic mass is 15.3. The molecule has 1 aromatic rings. The number of hydrogen-bond acceptors (Lipinski definition) is 3. The Bertz CT molecular complexity index is 326. The van der Waals surface area contributed by atoms with E-state index >= 15 is 0 Å². The number of likely N-dealkylation sites (tertiary alicyclic amines) is 1. The molecule has 0 aliphatic carbocycles. The molecule has 0 saturated carbocycles. The third-order valence-corrected chi connectivity index (χ3v) is 3.66. The molecule has 0 unspecified atom stereocenters. The van der Waals surface area contributed by atoms with Crippen molar-refractivity contribution in [3.8, 4) is 0 Å². The molecule has 0 spiro atoms. The van der Waals surface area contributed by atoms with Crippen molar-refractivity contribution in [1.82, 2.24) is 20.0 Å². The van der Waals surface area contributed by atoms with Crippen molar-refractivity contribution in [3.05, 3.63) is 18.0 Å². The third kappa shape index (κ3) is 3.82. The van der Waals surface area contributed by atoms with Gasteiger partial charge in [-0.15, -0.1) is 0 Å². The molecule has 1 aromatic heterocycles. The van der Waals surface area contributed by atoms with Crippen LogP contribution < -0.4 is 5.32 Å². The summed E-state index contributed by atoms with van der Waals surface area (Å²) in [5.74, 6) is 0.849. The van der Waals surface area contributed by atoms with Gasteiger partial charge in [-0.25, -0.2) is 0 Å². The quantitative estimate of drug-likeness (QED) is 0.835. The Morgan fingerprint density at radius 1 is 1.41 bits per heavy atom. The normalized spacial score (nSPS) is 18.7. The summed E-state index contributed by atoms with van der Waals surface area (Å²) in [5, 5.41) is 7.89. The van der Waals surface area contributed by atoms with Crippen molar-refractivity contribution in [2.75, 3.05) is 26.2 Å². The minimum absolute atomic E-state index is 0.849. The summed E-state index contributed by atoms with van der Waals surface area (Å²) >= 11 is 0. The first-order chi connectivity index (χ1) is 8.28. The van der Waals surface area contributed by atoms with Crippen LogP contribution in [0.15, 0.2) is 12.3 Å². The van der Waals surface area contributed by atoms with E-state index in [9.17, 15) is 0 Å². The van der Waals surface area contributed by atoms with Crippen molar-refractivity contribution in [3.63, 3.8) is 0 Å². The molecule has 2 heterocycles. The van der Waals surface area contributed by atoms with E-state index in [1.807, 2.05) is 17.9 Å². The second-order valence-corrected chi connectivity index (χ2v) is 4.99. The summed E-state index contributed by atoms with van der Waals surface area (Å²) in [4.78, 5) is 2.54. The van der Waals surface area contributed by atoms with Gasteiger partial charge in [0, 0.05) is 19.8 Å². The van der Waals surface area contributed by atoms with Crippen LogP contribution in [0.5, 0.6) is 0 Å². The molecule has 4 nitrogen and oxygen atoms in total. The van der Waals surface area contributed by atoms with Gasteiger partial charge in [0.2, 0.25) is 0 Å². The molecule has 2 rings (SSSR count). The highest BCUT2D eigenvalue weighted by molar-refractivity contribution is 4.97. The zero-order chi connectivity index (χ0) is 12.1. The zero-order valence-corrected chi connectivity index (χ0v) is 11.0. The second kappa shape index (κ2) is 6.17. The lowest BCUT2D eigenvalue weighted by Crippen LogP contribution is -2.37. The molecule has 1 fully saturated rings. The van der Waals surface area contributed by atoms with Gasteiger partial charge in [-0.1, -0.05) is 6.92 Å². The van der Waals surface area contributed by atoms with Crippen LogP contribution in [0.4, 0.5) is 0 Å². The number of rotatable bonds is 5. The number of hydrogen-bond donors (Lipinski definition) is 1. The van der Waals surface area contributed by atoms with Crippen molar-refractivity contribution in [2.45, 2.75) is 26.3 Å². The van der Waals surface area contributed by atoms with E-state index in [1.54, 1.807) is 0 Å². The smallest absolute Gasteiger partial charge is 0.0762 e. The zero-order valence-electron chi connectivity index (χ0n) is 11.0. The Morgan fingerprint density at radius 3 is 2.76 bits per heavy atom. The fourth-order valence-electron chi connectivity index (χ4n) is 2.47. The maximum Gasteiger partial charge on any atom is 0.0762 e. The first-order valence-electron chi connectivity index (χ1n) is 6.69. The fraction of sp³-hybridized carbons (Fsp3) is 0.769. The number of nitrogens with one attached hydrogen (secondary N) is 1. The summed E-state index contributed by atoms with van der Waals surface area (Å²) in [6.45, 7) is 8.02. The van der Waals surface area contributed by atoms with Crippen molar-refractivity contribution >= 4 is 0 Å². The Labute approximate surface area is 104 Å². The topological polar surface area (TPSA) is 33.1 Å². The monoisotopic (exact) mass is 236 g/mol. The summed E-state index contributed by atoms with van der Waals surface area (Å²) < 4.78 is 1.86. The van der Waals surface area contributed by atoms with E-state index in [2.05, 4.69) is 28.3 Å². The standard InChI is InChI=1S/C13H24N4/c1-3-17-8-4-12(5-9-17)10-14-11-13-6-7-16(2)15-13/h6-7,12,14H,3-5,8-11H2,1-2H3. The predicted octanol–water partition coefficient (Wildman–Crippen LogP) is 1.24. The highest BCUT2D eigenvalue weighted by Crippen LogP contribution is 2.15. The number of aromatic nitrogens is 2. The fourth-order valence-corrected chi connectivity index (χ4v) is 2.47. The van der Waals surface area contributed by atoms with E-state index in [4.69, 9.17) is 0 Å². The molecular weight excluding hydrogens is 212 g/mol. The lowest BCUT2D eigenvalue weighted by Gasteiger charge is -2.31. The Hall–Kier alpha value is -0.870. The van der Waals surface area contributed by atoms with Crippen molar-refractivity contribution in [2.24, 2.45) is 13.0 Å². The van der Waals surface area contributed by atoms with E-state index < -0.39 is 0 Å².